The molecule has 0 unspecified atom stereocenters. The van der Waals surface area contributed by atoms with Gasteiger partial charge in [0.15, 0.2) is 0 Å². The van der Waals surface area contributed by atoms with Crippen LogP contribution < -0.4 is 16.6 Å². The van der Waals surface area contributed by atoms with Gasteiger partial charge >= 0.3 is 11.3 Å². The van der Waals surface area contributed by atoms with E-state index in [1.54, 1.807) is 66.7 Å². The van der Waals surface area contributed by atoms with Gasteiger partial charge in [-0.25, -0.2) is 9.59 Å². The van der Waals surface area contributed by atoms with Crippen molar-refractivity contribution in [2.24, 2.45) is 0 Å². The number of para-hydroxylation sites is 1. The normalized spacial score (nSPS) is 10.9. The minimum atomic E-state index is -0.489. The van der Waals surface area contributed by atoms with Crippen molar-refractivity contribution in [2.75, 3.05) is 5.32 Å². The molecule has 0 aliphatic carbocycles. The van der Waals surface area contributed by atoms with E-state index in [2.05, 4.69) is 5.32 Å². The molecule has 0 aliphatic heterocycles. The van der Waals surface area contributed by atoms with E-state index in [0.717, 1.165) is 16.5 Å². The van der Waals surface area contributed by atoms with Gasteiger partial charge in [-0.05, 0) is 66.2 Å². The van der Waals surface area contributed by atoms with Crippen LogP contribution in [0.5, 0.6) is 0 Å². The third kappa shape index (κ3) is 3.94. The Morgan fingerprint density at radius 3 is 2.16 bits per heavy atom. The molecule has 2 heterocycles. The predicted octanol–water partition coefficient (Wildman–Crippen LogP) is 6.48. The highest BCUT2D eigenvalue weighted by Gasteiger charge is 2.09. The van der Waals surface area contributed by atoms with Crippen LogP contribution in [0.4, 0.5) is 11.4 Å². The molecule has 5 aromatic rings. The van der Waals surface area contributed by atoms with Crippen molar-refractivity contribution in [3.63, 3.8) is 0 Å². The third-order valence-electron chi connectivity index (χ3n) is 5.07. The van der Waals surface area contributed by atoms with Crippen molar-refractivity contribution in [3.05, 3.63) is 117 Å². The molecule has 0 saturated carbocycles. The van der Waals surface area contributed by atoms with Gasteiger partial charge in [-0.15, -0.1) is 0 Å². The maximum Gasteiger partial charge on any atom is 0.360 e. The summed E-state index contributed by atoms with van der Waals surface area (Å²) in [6.07, 6.45) is 0. The molecule has 0 saturated heterocycles. The number of rotatable bonds is 4. The summed E-state index contributed by atoms with van der Waals surface area (Å²) >= 11 is 5.91. The molecule has 0 fully saturated rings. The Labute approximate surface area is 187 Å². The van der Waals surface area contributed by atoms with E-state index in [1.807, 2.05) is 24.3 Å². The first kappa shape index (κ1) is 19.8. The van der Waals surface area contributed by atoms with E-state index in [4.69, 9.17) is 20.4 Å². The zero-order chi connectivity index (χ0) is 22.1. The van der Waals surface area contributed by atoms with Gasteiger partial charge in [-0.2, -0.15) is 0 Å². The van der Waals surface area contributed by atoms with E-state index >= 15 is 0 Å². The highest BCUT2D eigenvalue weighted by molar-refractivity contribution is 6.30. The summed E-state index contributed by atoms with van der Waals surface area (Å²) in [6, 6.07) is 26.8. The minimum Gasteiger partial charge on any atom is -0.422 e. The van der Waals surface area contributed by atoms with Gasteiger partial charge in [0.25, 0.3) is 0 Å². The van der Waals surface area contributed by atoms with Gasteiger partial charge in [-0.3, -0.25) is 0 Å². The molecule has 5 rings (SSSR count). The summed E-state index contributed by atoms with van der Waals surface area (Å²) in [7, 11) is 0. The summed E-state index contributed by atoms with van der Waals surface area (Å²) < 4.78 is 10.9. The molecule has 2 aromatic heterocycles. The smallest absolute Gasteiger partial charge is 0.360 e. The Bertz CT molecular complexity index is 1530. The van der Waals surface area contributed by atoms with E-state index < -0.39 is 11.3 Å². The molecule has 0 amide bonds. The molecular formula is C26H16ClNO4. The topological polar surface area (TPSA) is 72.5 Å². The molecule has 6 heteroatoms. The second kappa shape index (κ2) is 8.21. The van der Waals surface area contributed by atoms with Crippen LogP contribution in [-0.4, -0.2) is 0 Å². The molecular weight excluding hydrogens is 426 g/mol. The fraction of sp³-hybridized carbons (Fsp3) is 0. The van der Waals surface area contributed by atoms with Crippen LogP contribution in [0.25, 0.3) is 33.4 Å². The maximum atomic E-state index is 12.4. The number of hydrogen-bond acceptors (Lipinski definition) is 5. The lowest BCUT2D eigenvalue weighted by Gasteiger charge is -2.08. The zero-order valence-electron chi connectivity index (χ0n) is 16.7. The average Bonchev–Trinajstić information content (AvgIpc) is 2.81. The van der Waals surface area contributed by atoms with Gasteiger partial charge < -0.3 is 14.2 Å². The van der Waals surface area contributed by atoms with Crippen molar-refractivity contribution >= 4 is 33.9 Å². The molecule has 1 N–H and O–H groups in total. The lowest BCUT2D eigenvalue weighted by Crippen LogP contribution is -2.07. The fourth-order valence-electron chi connectivity index (χ4n) is 3.43. The molecule has 0 radical (unpaired) electrons. The monoisotopic (exact) mass is 441 g/mol. The van der Waals surface area contributed by atoms with Gasteiger partial charge in [0.1, 0.15) is 17.0 Å². The first-order valence-corrected chi connectivity index (χ1v) is 10.2. The van der Waals surface area contributed by atoms with Crippen LogP contribution in [0.1, 0.15) is 0 Å². The average molecular weight is 442 g/mol. The Morgan fingerprint density at radius 2 is 1.41 bits per heavy atom. The van der Waals surface area contributed by atoms with Crippen LogP contribution in [0.15, 0.2) is 109 Å². The van der Waals surface area contributed by atoms with Crippen molar-refractivity contribution in [1.82, 2.24) is 0 Å². The van der Waals surface area contributed by atoms with Crippen LogP contribution >= 0.6 is 11.6 Å². The molecule has 32 heavy (non-hydrogen) atoms. The second-order valence-electron chi connectivity index (χ2n) is 7.20. The fourth-order valence-corrected chi connectivity index (χ4v) is 3.56. The number of anilines is 2. The number of benzene rings is 3. The molecule has 156 valence electrons. The lowest BCUT2D eigenvalue weighted by molar-refractivity contribution is 0.529. The van der Waals surface area contributed by atoms with Crippen molar-refractivity contribution < 1.29 is 8.83 Å². The highest BCUT2D eigenvalue weighted by Crippen LogP contribution is 2.25. The summed E-state index contributed by atoms with van der Waals surface area (Å²) in [4.78, 5) is 24.8. The third-order valence-corrected chi connectivity index (χ3v) is 5.32. The summed E-state index contributed by atoms with van der Waals surface area (Å²) in [5.41, 5.74) is 2.61. The van der Waals surface area contributed by atoms with Gasteiger partial charge in [0.2, 0.25) is 0 Å². The Morgan fingerprint density at radius 1 is 0.688 bits per heavy atom. The van der Waals surface area contributed by atoms with Gasteiger partial charge in [0, 0.05) is 21.7 Å². The summed E-state index contributed by atoms with van der Waals surface area (Å²) in [6.45, 7) is 0. The molecule has 0 bridgehead atoms. The summed E-state index contributed by atoms with van der Waals surface area (Å²) in [5, 5.41) is 4.51. The van der Waals surface area contributed by atoms with Crippen LogP contribution in [-0.2, 0) is 0 Å². The van der Waals surface area contributed by atoms with E-state index in [9.17, 15) is 9.59 Å². The van der Waals surface area contributed by atoms with Crippen LogP contribution in [0, 0.1) is 0 Å². The highest BCUT2D eigenvalue weighted by atomic mass is 35.5. The number of hydrogen-bond donors (Lipinski definition) is 1. The molecule has 3 aromatic carbocycles. The van der Waals surface area contributed by atoms with Crippen molar-refractivity contribution in [3.8, 4) is 22.5 Å². The van der Waals surface area contributed by atoms with Crippen molar-refractivity contribution in [2.45, 2.75) is 0 Å². The standard InChI is InChI=1S/C26H16ClNO4/c27-19-9-5-17(6-10-19)24-14-13-22(26(30)32-24)28-20-11-7-16(8-12-20)21-15-18-3-1-2-4-23(18)31-25(21)29/h1-15,28H. The van der Waals surface area contributed by atoms with E-state index in [-0.39, 0.29) is 0 Å². The quantitative estimate of drug-likeness (QED) is 0.323. The SMILES string of the molecule is O=c1oc(-c2ccc(Cl)cc2)ccc1Nc1ccc(-c2cc3ccccc3oc2=O)cc1. The Balaban J connectivity index is 1.39. The van der Waals surface area contributed by atoms with Gasteiger partial charge in [-0.1, -0.05) is 41.9 Å². The van der Waals surface area contributed by atoms with Crippen molar-refractivity contribution in [1.29, 1.82) is 0 Å². The molecule has 0 atom stereocenters. The number of halogens is 1. The summed E-state index contributed by atoms with van der Waals surface area (Å²) in [5.74, 6) is 0.454. The molecule has 5 nitrogen and oxygen atoms in total. The molecule has 0 spiro atoms. The zero-order valence-corrected chi connectivity index (χ0v) is 17.4. The Hall–Kier alpha value is -4.09. The van der Waals surface area contributed by atoms with Crippen LogP contribution in [0.3, 0.4) is 0 Å². The first-order chi connectivity index (χ1) is 15.6. The van der Waals surface area contributed by atoms with Gasteiger partial charge in [0.05, 0.1) is 5.56 Å². The largest absolute Gasteiger partial charge is 0.422 e. The molecule has 0 aliphatic rings. The second-order valence-corrected chi connectivity index (χ2v) is 7.63. The minimum absolute atomic E-state index is 0.306. The number of nitrogens with one attached hydrogen (secondary N) is 1. The Kier molecular flexibility index (Phi) is 5.09. The predicted molar refractivity (Wildman–Crippen MR) is 127 cm³/mol. The first-order valence-electron chi connectivity index (χ1n) is 9.87. The maximum absolute atomic E-state index is 12.4. The van der Waals surface area contributed by atoms with E-state index in [1.165, 1.54) is 0 Å². The lowest BCUT2D eigenvalue weighted by atomic mass is 10.1. The van der Waals surface area contributed by atoms with Crippen LogP contribution in [0.2, 0.25) is 5.02 Å². The number of fused-ring (bicyclic) bond motifs is 1. The van der Waals surface area contributed by atoms with E-state index in [0.29, 0.717) is 33.3 Å².